The molecule has 25 heavy (non-hydrogen) atoms. The number of aromatic nitrogens is 1. The van der Waals surface area contributed by atoms with Crippen LogP contribution in [0, 0.1) is 0 Å². The third-order valence-electron chi connectivity index (χ3n) is 4.26. The van der Waals surface area contributed by atoms with E-state index in [-0.39, 0.29) is 29.6 Å². The Balaban J connectivity index is 2.07. The molecule has 0 bridgehead atoms. The lowest BCUT2D eigenvalue weighted by Gasteiger charge is -2.15. The van der Waals surface area contributed by atoms with Crippen LogP contribution < -0.4 is 5.73 Å². The third-order valence-corrected chi connectivity index (χ3v) is 4.26. The van der Waals surface area contributed by atoms with Gasteiger partial charge in [0.15, 0.2) is 0 Å². The summed E-state index contributed by atoms with van der Waals surface area (Å²) in [6, 6.07) is 10.8. The van der Waals surface area contributed by atoms with Crippen molar-refractivity contribution in [2.24, 2.45) is 5.73 Å². The number of hydrogen-bond donors (Lipinski definition) is 2. The molecule has 0 unspecified atom stereocenters. The molecule has 3 aromatic rings. The third kappa shape index (κ3) is 3.26. The number of carbonyl (C=O) groups excluding carboxylic acids is 2. The number of phenolic OH excluding ortho intramolecular Hbond substituents is 1. The zero-order valence-electron chi connectivity index (χ0n) is 14.2. The number of hydrogen-bond acceptors (Lipinski definition) is 3. The number of nitrogens with zero attached hydrogens (tertiary/aromatic N) is 1. The highest BCUT2D eigenvalue weighted by molar-refractivity contribution is 6.01. The van der Waals surface area contributed by atoms with Gasteiger partial charge >= 0.3 is 0 Å². The van der Waals surface area contributed by atoms with E-state index in [2.05, 4.69) is 0 Å². The summed E-state index contributed by atoms with van der Waals surface area (Å²) in [5, 5.41) is 12.2. The standard InChI is InChI=1S/C20H20N2O3/c1-12(2)16-9-17(18(23)7-15(16)8-19(21)24)20(25)22-10-13-5-3-4-6-14(13)11-22/h3-7,9-12,23H,8H2,1-2H3,(H2,21,24). The second-order valence-electron chi connectivity index (χ2n) is 6.47. The Bertz CT molecular complexity index is 937. The fourth-order valence-corrected chi connectivity index (χ4v) is 3.04. The van der Waals surface area contributed by atoms with Gasteiger partial charge < -0.3 is 10.8 Å². The van der Waals surface area contributed by atoms with Crippen molar-refractivity contribution in [1.29, 1.82) is 0 Å². The number of fused-ring (bicyclic) bond motifs is 1. The number of rotatable bonds is 4. The normalized spacial score (nSPS) is 11.2. The number of nitrogens with two attached hydrogens (primary N) is 1. The smallest absolute Gasteiger partial charge is 0.265 e. The van der Waals surface area contributed by atoms with E-state index in [9.17, 15) is 14.7 Å². The first-order valence-corrected chi connectivity index (χ1v) is 8.12. The number of carbonyl (C=O) groups is 2. The maximum Gasteiger partial charge on any atom is 0.265 e. The van der Waals surface area contributed by atoms with Crippen LogP contribution >= 0.6 is 0 Å². The van der Waals surface area contributed by atoms with Crippen molar-refractivity contribution < 1.29 is 14.7 Å². The first-order chi connectivity index (χ1) is 11.9. The molecule has 0 aliphatic rings. The molecular formula is C20H20N2O3. The summed E-state index contributed by atoms with van der Waals surface area (Å²) in [4.78, 5) is 24.1. The molecule has 0 radical (unpaired) electrons. The second kappa shape index (κ2) is 6.43. The van der Waals surface area contributed by atoms with Gasteiger partial charge in [-0.05, 0) is 39.9 Å². The largest absolute Gasteiger partial charge is 0.507 e. The molecule has 1 aromatic heterocycles. The maximum absolute atomic E-state index is 12.9. The van der Waals surface area contributed by atoms with E-state index < -0.39 is 5.91 Å². The van der Waals surface area contributed by atoms with Gasteiger partial charge in [-0.1, -0.05) is 38.1 Å². The Kier molecular flexibility index (Phi) is 4.31. The van der Waals surface area contributed by atoms with E-state index in [1.54, 1.807) is 18.5 Å². The average molecular weight is 336 g/mol. The molecule has 3 rings (SSSR count). The van der Waals surface area contributed by atoms with Gasteiger partial charge in [-0.2, -0.15) is 0 Å². The molecular weight excluding hydrogens is 316 g/mol. The average Bonchev–Trinajstić information content (AvgIpc) is 2.97. The van der Waals surface area contributed by atoms with E-state index >= 15 is 0 Å². The summed E-state index contributed by atoms with van der Waals surface area (Å²) in [5.41, 5.74) is 6.97. The van der Waals surface area contributed by atoms with Gasteiger partial charge in [-0.15, -0.1) is 0 Å². The van der Waals surface area contributed by atoms with E-state index in [0.717, 1.165) is 16.3 Å². The molecule has 2 aromatic carbocycles. The molecule has 3 N–H and O–H groups in total. The van der Waals surface area contributed by atoms with Crippen molar-refractivity contribution in [2.75, 3.05) is 0 Å². The van der Waals surface area contributed by atoms with Crippen molar-refractivity contribution in [2.45, 2.75) is 26.2 Å². The van der Waals surface area contributed by atoms with Gasteiger partial charge in [0, 0.05) is 12.4 Å². The summed E-state index contributed by atoms with van der Waals surface area (Å²) in [6.45, 7) is 3.93. The van der Waals surface area contributed by atoms with Crippen molar-refractivity contribution in [3.8, 4) is 5.75 Å². The van der Waals surface area contributed by atoms with Crippen LogP contribution in [-0.2, 0) is 11.2 Å². The van der Waals surface area contributed by atoms with Crippen LogP contribution in [0.4, 0.5) is 0 Å². The number of amides is 1. The first kappa shape index (κ1) is 16.8. The summed E-state index contributed by atoms with van der Waals surface area (Å²) in [5.74, 6) is -0.855. The van der Waals surface area contributed by atoms with Crippen LogP contribution in [0.25, 0.3) is 10.8 Å². The predicted octanol–water partition coefficient (Wildman–Crippen LogP) is 3.19. The molecule has 0 saturated heterocycles. The number of phenols is 1. The number of primary amides is 1. The molecule has 0 atom stereocenters. The Labute approximate surface area is 145 Å². The molecule has 0 aliphatic carbocycles. The molecule has 0 fully saturated rings. The molecule has 0 saturated carbocycles. The van der Waals surface area contributed by atoms with Gasteiger partial charge in [0.1, 0.15) is 5.75 Å². The molecule has 1 heterocycles. The number of aromatic hydroxyl groups is 1. The summed E-state index contributed by atoms with van der Waals surface area (Å²) in [6.07, 6.45) is 3.51. The van der Waals surface area contributed by atoms with Crippen molar-refractivity contribution in [3.05, 3.63) is 65.5 Å². The van der Waals surface area contributed by atoms with E-state index in [0.29, 0.717) is 5.56 Å². The monoisotopic (exact) mass is 336 g/mol. The highest BCUT2D eigenvalue weighted by atomic mass is 16.3. The van der Waals surface area contributed by atoms with Gasteiger partial charge in [-0.3, -0.25) is 14.2 Å². The quantitative estimate of drug-likeness (QED) is 0.767. The van der Waals surface area contributed by atoms with Gasteiger partial charge in [0.2, 0.25) is 5.91 Å². The second-order valence-corrected chi connectivity index (χ2v) is 6.47. The molecule has 128 valence electrons. The first-order valence-electron chi connectivity index (χ1n) is 8.12. The van der Waals surface area contributed by atoms with Gasteiger partial charge in [-0.25, -0.2) is 0 Å². The highest BCUT2D eigenvalue weighted by Crippen LogP contribution is 2.29. The molecule has 5 heteroatoms. The van der Waals surface area contributed by atoms with Crippen LogP contribution in [0.1, 0.15) is 41.3 Å². The lowest BCUT2D eigenvalue weighted by Crippen LogP contribution is -2.16. The topological polar surface area (TPSA) is 85.3 Å². The summed E-state index contributed by atoms with van der Waals surface area (Å²) in [7, 11) is 0. The Morgan fingerprint density at radius 1 is 1.12 bits per heavy atom. The molecule has 0 spiro atoms. The minimum Gasteiger partial charge on any atom is -0.507 e. The van der Waals surface area contributed by atoms with Crippen LogP contribution in [-0.4, -0.2) is 21.5 Å². The molecule has 5 nitrogen and oxygen atoms in total. The lowest BCUT2D eigenvalue weighted by molar-refractivity contribution is -0.117. The van der Waals surface area contributed by atoms with Crippen molar-refractivity contribution >= 4 is 22.6 Å². The van der Waals surface area contributed by atoms with E-state index in [4.69, 9.17) is 5.73 Å². The predicted molar refractivity (Wildman–Crippen MR) is 96.8 cm³/mol. The molecule has 1 amide bonds. The zero-order chi connectivity index (χ0) is 18.1. The Hall–Kier alpha value is -3.08. The fraction of sp³-hybridized carbons (Fsp3) is 0.200. The Morgan fingerprint density at radius 3 is 2.24 bits per heavy atom. The van der Waals surface area contributed by atoms with Crippen LogP contribution in [0.5, 0.6) is 5.75 Å². The van der Waals surface area contributed by atoms with Gasteiger partial charge in [0.25, 0.3) is 5.91 Å². The van der Waals surface area contributed by atoms with Crippen LogP contribution in [0.3, 0.4) is 0 Å². The van der Waals surface area contributed by atoms with Crippen molar-refractivity contribution in [3.63, 3.8) is 0 Å². The van der Waals surface area contributed by atoms with E-state index in [1.165, 1.54) is 10.6 Å². The van der Waals surface area contributed by atoms with Gasteiger partial charge in [0.05, 0.1) is 12.0 Å². The SMILES string of the molecule is CC(C)c1cc(C(=O)n2cc3ccccc3c2)c(O)cc1CC(N)=O. The summed E-state index contributed by atoms with van der Waals surface area (Å²) < 4.78 is 1.47. The fourth-order valence-electron chi connectivity index (χ4n) is 3.04. The molecule has 0 aliphatic heterocycles. The zero-order valence-corrected chi connectivity index (χ0v) is 14.2. The maximum atomic E-state index is 12.9. The Morgan fingerprint density at radius 2 is 1.72 bits per heavy atom. The lowest BCUT2D eigenvalue weighted by atomic mass is 9.92. The minimum atomic E-state index is -0.475. The highest BCUT2D eigenvalue weighted by Gasteiger charge is 2.19. The van der Waals surface area contributed by atoms with Crippen molar-refractivity contribution in [1.82, 2.24) is 4.57 Å². The summed E-state index contributed by atoms with van der Waals surface area (Å²) >= 11 is 0. The number of benzene rings is 2. The van der Waals surface area contributed by atoms with Crippen LogP contribution in [0.2, 0.25) is 0 Å². The van der Waals surface area contributed by atoms with E-state index in [1.807, 2.05) is 38.1 Å². The minimum absolute atomic E-state index is 0.0307. The van der Waals surface area contributed by atoms with Crippen LogP contribution in [0.15, 0.2) is 48.8 Å².